The van der Waals surface area contributed by atoms with E-state index in [1.165, 1.54) is 26.4 Å². The van der Waals surface area contributed by atoms with Crippen molar-refractivity contribution < 1.29 is 28.6 Å². The molecule has 0 spiro atoms. The molecule has 1 heterocycles. The molecule has 0 unspecified atom stereocenters. The Morgan fingerprint density at radius 1 is 1.11 bits per heavy atom. The van der Waals surface area contributed by atoms with Gasteiger partial charge in [-0.3, -0.25) is 4.79 Å². The maximum absolute atomic E-state index is 12.2. The molecule has 0 aliphatic carbocycles. The lowest BCUT2D eigenvalue weighted by Gasteiger charge is -2.09. The Morgan fingerprint density at radius 3 is 2.37 bits per heavy atom. The Morgan fingerprint density at radius 2 is 1.78 bits per heavy atom. The number of carbonyl (C=O) groups excluding carboxylic acids is 3. The number of benzene rings is 1. The van der Waals surface area contributed by atoms with E-state index in [-0.39, 0.29) is 32.8 Å². The van der Waals surface area contributed by atoms with Gasteiger partial charge in [0.1, 0.15) is 15.6 Å². The summed E-state index contributed by atoms with van der Waals surface area (Å²) in [5.41, 5.74) is 0.441. The van der Waals surface area contributed by atoms with Crippen LogP contribution in [-0.4, -0.2) is 38.7 Å². The fourth-order valence-electron chi connectivity index (χ4n) is 2.14. The number of halogens is 2. The van der Waals surface area contributed by atoms with Crippen LogP contribution in [0, 0.1) is 6.92 Å². The molecule has 2 aromatic rings. The Balaban J connectivity index is 2.18. The van der Waals surface area contributed by atoms with Gasteiger partial charge in [0.2, 0.25) is 0 Å². The lowest BCUT2D eigenvalue weighted by atomic mass is 10.1. The average molecular weight is 432 g/mol. The molecule has 1 aromatic carbocycles. The quantitative estimate of drug-likeness (QED) is 0.696. The molecule has 1 aromatic heterocycles. The second-order valence-electron chi connectivity index (χ2n) is 5.16. The molecule has 0 radical (unpaired) electrons. The highest BCUT2D eigenvalue weighted by molar-refractivity contribution is 7.18. The van der Waals surface area contributed by atoms with Gasteiger partial charge in [-0.25, -0.2) is 9.59 Å². The number of carbonyl (C=O) groups is 3. The number of rotatable bonds is 6. The third-order valence-electron chi connectivity index (χ3n) is 3.41. The second-order valence-corrected chi connectivity index (χ2v) is 7.02. The summed E-state index contributed by atoms with van der Waals surface area (Å²) in [6.07, 6.45) is 0. The predicted molar refractivity (Wildman–Crippen MR) is 102 cm³/mol. The number of thiophene rings is 1. The molecule has 0 saturated carbocycles. The van der Waals surface area contributed by atoms with E-state index in [4.69, 9.17) is 32.7 Å². The van der Waals surface area contributed by atoms with Crippen molar-refractivity contribution >= 4 is 57.4 Å². The minimum absolute atomic E-state index is 0.0841. The molecule has 1 N–H and O–H groups in total. The maximum Gasteiger partial charge on any atom is 0.348 e. The molecule has 2 rings (SSSR count). The number of nitrogens with one attached hydrogen (secondary N) is 1. The van der Waals surface area contributed by atoms with Crippen LogP contribution in [0.1, 0.15) is 25.6 Å². The van der Waals surface area contributed by atoms with E-state index in [0.29, 0.717) is 10.6 Å². The molecule has 1 amide bonds. The largest absolute Gasteiger partial charge is 0.482 e. The smallest absolute Gasteiger partial charge is 0.348 e. The van der Waals surface area contributed by atoms with Crippen molar-refractivity contribution in [3.05, 3.63) is 44.2 Å². The summed E-state index contributed by atoms with van der Waals surface area (Å²) in [5, 5.41) is 3.40. The van der Waals surface area contributed by atoms with Crippen molar-refractivity contribution in [2.45, 2.75) is 6.92 Å². The van der Waals surface area contributed by atoms with E-state index in [9.17, 15) is 14.4 Å². The highest BCUT2D eigenvalue weighted by atomic mass is 35.5. The fourth-order valence-corrected chi connectivity index (χ4v) is 3.73. The van der Waals surface area contributed by atoms with E-state index < -0.39 is 17.8 Å². The zero-order valence-electron chi connectivity index (χ0n) is 14.6. The highest BCUT2D eigenvalue weighted by Gasteiger charge is 2.26. The first-order valence-corrected chi connectivity index (χ1v) is 9.03. The van der Waals surface area contributed by atoms with Crippen LogP contribution in [0.5, 0.6) is 5.75 Å². The van der Waals surface area contributed by atoms with Crippen LogP contribution in [0.4, 0.5) is 5.00 Å². The number of hydrogen-bond donors (Lipinski definition) is 1. The zero-order valence-corrected chi connectivity index (χ0v) is 16.9. The highest BCUT2D eigenvalue weighted by Crippen LogP contribution is 2.34. The lowest BCUT2D eigenvalue weighted by molar-refractivity contribution is -0.118. The first-order valence-electron chi connectivity index (χ1n) is 7.46. The van der Waals surface area contributed by atoms with E-state index in [0.717, 1.165) is 11.3 Å². The average Bonchev–Trinajstić information content (AvgIpc) is 2.95. The molecule has 0 aliphatic rings. The molecule has 0 bridgehead atoms. The summed E-state index contributed by atoms with van der Waals surface area (Å²) in [7, 11) is 2.43. The fraction of sp³-hybridized carbons (Fsp3) is 0.235. The van der Waals surface area contributed by atoms with Gasteiger partial charge in [0.05, 0.1) is 24.8 Å². The van der Waals surface area contributed by atoms with Crippen LogP contribution in [0.3, 0.4) is 0 Å². The Bertz CT molecular complexity index is 896. The molecule has 0 saturated heterocycles. The normalized spacial score (nSPS) is 10.3. The summed E-state index contributed by atoms with van der Waals surface area (Å²) >= 11 is 12.7. The van der Waals surface area contributed by atoms with E-state index in [1.54, 1.807) is 13.0 Å². The minimum atomic E-state index is -0.684. The number of esters is 2. The molecular formula is C17H15Cl2NO6S. The van der Waals surface area contributed by atoms with Gasteiger partial charge in [0.15, 0.2) is 6.61 Å². The Hall–Kier alpha value is -2.29. The van der Waals surface area contributed by atoms with Gasteiger partial charge in [-0.15, -0.1) is 11.3 Å². The van der Waals surface area contributed by atoms with Crippen molar-refractivity contribution in [1.29, 1.82) is 0 Å². The third kappa shape index (κ3) is 4.91. The summed E-state index contributed by atoms with van der Waals surface area (Å²) in [6.45, 7) is 1.20. The molecule has 10 heteroatoms. The van der Waals surface area contributed by atoms with E-state index in [1.807, 2.05) is 0 Å². The van der Waals surface area contributed by atoms with E-state index in [2.05, 4.69) is 10.1 Å². The molecule has 7 nitrogen and oxygen atoms in total. The third-order valence-corrected chi connectivity index (χ3v) is 5.13. The second kappa shape index (κ2) is 9.07. The molecule has 0 aliphatic heterocycles. The van der Waals surface area contributed by atoms with Crippen LogP contribution in [-0.2, 0) is 14.3 Å². The number of anilines is 1. The summed E-state index contributed by atoms with van der Waals surface area (Å²) in [5.74, 6) is -1.57. The van der Waals surface area contributed by atoms with Crippen LogP contribution in [0.15, 0.2) is 18.2 Å². The van der Waals surface area contributed by atoms with Gasteiger partial charge in [-0.2, -0.15) is 0 Å². The number of ether oxygens (including phenoxy) is 3. The minimum Gasteiger partial charge on any atom is -0.482 e. The molecule has 144 valence electrons. The van der Waals surface area contributed by atoms with Gasteiger partial charge in [0.25, 0.3) is 5.91 Å². The van der Waals surface area contributed by atoms with Crippen LogP contribution in [0.25, 0.3) is 0 Å². The molecular weight excluding hydrogens is 417 g/mol. The van der Waals surface area contributed by atoms with Crippen LogP contribution < -0.4 is 10.1 Å². The standard InChI is InChI=1S/C17H15Cl2NO6S/c1-8-13(16(22)24-2)15(27-14(8)17(23)25-3)20-12(21)7-26-11-5-4-9(18)6-10(11)19/h4-6H,7H2,1-3H3,(H,20,21). The van der Waals surface area contributed by atoms with Crippen molar-refractivity contribution in [1.82, 2.24) is 0 Å². The first kappa shape index (κ1) is 21.0. The van der Waals surface area contributed by atoms with E-state index >= 15 is 0 Å². The van der Waals surface area contributed by atoms with Crippen LogP contribution in [0.2, 0.25) is 10.0 Å². The molecule has 27 heavy (non-hydrogen) atoms. The van der Waals surface area contributed by atoms with Gasteiger partial charge in [-0.05, 0) is 30.7 Å². The van der Waals surface area contributed by atoms with Gasteiger partial charge >= 0.3 is 11.9 Å². The number of amides is 1. The van der Waals surface area contributed by atoms with Crippen molar-refractivity contribution in [3.8, 4) is 5.75 Å². The Labute approximate surface area is 169 Å². The topological polar surface area (TPSA) is 90.9 Å². The lowest BCUT2D eigenvalue weighted by Crippen LogP contribution is -2.21. The molecule has 0 fully saturated rings. The Kier molecular flexibility index (Phi) is 7.06. The first-order chi connectivity index (χ1) is 12.8. The van der Waals surface area contributed by atoms with Gasteiger partial charge in [0, 0.05) is 5.02 Å². The summed E-state index contributed by atoms with van der Waals surface area (Å²) in [4.78, 5) is 36.3. The van der Waals surface area contributed by atoms with Crippen molar-refractivity contribution in [2.24, 2.45) is 0 Å². The van der Waals surface area contributed by atoms with Gasteiger partial charge in [-0.1, -0.05) is 23.2 Å². The van der Waals surface area contributed by atoms with Gasteiger partial charge < -0.3 is 19.5 Å². The summed E-state index contributed by atoms with van der Waals surface area (Å²) < 4.78 is 14.8. The zero-order chi connectivity index (χ0) is 20.1. The molecule has 0 atom stereocenters. The van der Waals surface area contributed by atoms with Crippen LogP contribution >= 0.6 is 34.5 Å². The monoisotopic (exact) mass is 431 g/mol. The maximum atomic E-state index is 12.2. The van der Waals surface area contributed by atoms with Crippen molar-refractivity contribution in [3.63, 3.8) is 0 Å². The predicted octanol–water partition coefficient (Wildman–Crippen LogP) is 3.95. The number of methoxy groups -OCH3 is 2. The number of hydrogen-bond acceptors (Lipinski definition) is 7. The SMILES string of the molecule is COC(=O)c1sc(NC(=O)COc2ccc(Cl)cc2Cl)c(C(=O)OC)c1C. The summed E-state index contributed by atoms with van der Waals surface area (Å²) in [6, 6.07) is 4.58. The van der Waals surface area contributed by atoms with Crippen molar-refractivity contribution in [2.75, 3.05) is 26.1 Å².